The highest BCUT2D eigenvalue weighted by atomic mass is 35.5. The van der Waals surface area contributed by atoms with Gasteiger partial charge in [0.25, 0.3) is 0 Å². The molecule has 1 saturated heterocycles. The molecule has 1 aliphatic rings. The van der Waals surface area contributed by atoms with Crippen molar-refractivity contribution < 1.29 is 9.53 Å². The van der Waals surface area contributed by atoms with Gasteiger partial charge in [-0.05, 0) is 38.8 Å². The lowest BCUT2D eigenvalue weighted by atomic mass is 10.2. The molecule has 0 spiro atoms. The number of hydrogen-bond donors (Lipinski definition) is 1. The maximum absolute atomic E-state index is 12.8. The SMILES string of the molecule is C#CCN(C[C@H]1CCCO1)C(=O)N[C@H](C)c1sc(-c2ccc(Cl)cc2)nc1C. The van der Waals surface area contributed by atoms with Crippen LogP contribution in [-0.2, 0) is 4.74 Å². The van der Waals surface area contributed by atoms with Crippen molar-refractivity contribution in [1.29, 1.82) is 0 Å². The summed E-state index contributed by atoms with van der Waals surface area (Å²) in [4.78, 5) is 20.1. The maximum atomic E-state index is 12.8. The molecule has 28 heavy (non-hydrogen) atoms. The van der Waals surface area contributed by atoms with Crippen LogP contribution in [0.4, 0.5) is 4.79 Å². The molecule has 2 atom stereocenters. The van der Waals surface area contributed by atoms with Crippen LogP contribution in [0.2, 0.25) is 5.02 Å². The Balaban J connectivity index is 1.68. The monoisotopic (exact) mass is 417 g/mol. The predicted molar refractivity (Wildman–Crippen MR) is 114 cm³/mol. The molecule has 0 radical (unpaired) electrons. The van der Waals surface area contributed by atoms with Crippen LogP contribution < -0.4 is 5.32 Å². The largest absolute Gasteiger partial charge is 0.376 e. The third-order valence-corrected chi connectivity index (χ3v) is 6.32. The minimum Gasteiger partial charge on any atom is -0.376 e. The summed E-state index contributed by atoms with van der Waals surface area (Å²) in [7, 11) is 0. The Morgan fingerprint density at radius 1 is 1.50 bits per heavy atom. The molecular formula is C21H24ClN3O2S. The Hall–Kier alpha value is -2.07. The molecule has 1 N–H and O–H groups in total. The summed E-state index contributed by atoms with van der Waals surface area (Å²) in [6.45, 7) is 5.44. The average Bonchev–Trinajstić information content (AvgIpc) is 3.31. The van der Waals surface area contributed by atoms with Gasteiger partial charge in [0, 0.05) is 23.7 Å². The molecule has 1 aromatic heterocycles. The van der Waals surface area contributed by atoms with Crippen molar-refractivity contribution in [2.45, 2.75) is 38.8 Å². The van der Waals surface area contributed by atoms with Gasteiger partial charge in [0.15, 0.2) is 0 Å². The third kappa shape index (κ3) is 5.05. The van der Waals surface area contributed by atoms with Gasteiger partial charge in [0.05, 0.1) is 29.3 Å². The van der Waals surface area contributed by atoms with Crippen LogP contribution in [0.1, 0.15) is 36.4 Å². The summed E-state index contributed by atoms with van der Waals surface area (Å²) in [6.07, 6.45) is 7.51. The molecule has 0 unspecified atom stereocenters. The fourth-order valence-corrected chi connectivity index (χ4v) is 4.43. The Morgan fingerprint density at radius 3 is 2.89 bits per heavy atom. The molecule has 0 bridgehead atoms. The number of aromatic nitrogens is 1. The number of carbonyl (C=O) groups is 1. The van der Waals surface area contributed by atoms with E-state index in [4.69, 9.17) is 22.8 Å². The molecule has 0 aliphatic carbocycles. The van der Waals surface area contributed by atoms with Gasteiger partial charge in [-0.2, -0.15) is 0 Å². The van der Waals surface area contributed by atoms with Gasteiger partial charge >= 0.3 is 6.03 Å². The van der Waals surface area contributed by atoms with E-state index < -0.39 is 0 Å². The summed E-state index contributed by atoms with van der Waals surface area (Å²) < 4.78 is 5.64. The number of carbonyl (C=O) groups excluding carboxylic acids is 1. The number of nitrogens with one attached hydrogen (secondary N) is 1. The van der Waals surface area contributed by atoms with Crippen molar-refractivity contribution in [3.8, 4) is 22.9 Å². The molecular weight excluding hydrogens is 394 g/mol. The van der Waals surface area contributed by atoms with Crippen molar-refractivity contribution >= 4 is 29.0 Å². The number of aryl methyl sites for hydroxylation is 1. The second kappa shape index (κ2) is 9.42. The van der Waals surface area contributed by atoms with Crippen LogP contribution in [0, 0.1) is 19.3 Å². The van der Waals surface area contributed by atoms with Crippen molar-refractivity contribution in [2.75, 3.05) is 19.7 Å². The Labute approximate surface area is 175 Å². The molecule has 7 heteroatoms. The minimum absolute atomic E-state index is 0.0658. The fraction of sp³-hybridized carbons (Fsp3) is 0.429. The second-order valence-corrected chi connectivity index (χ2v) is 8.33. The molecule has 1 aromatic carbocycles. The summed E-state index contributed by atoms with van der Waals surface area (Å²) in [5.74, 6) is 2.57. The van der Waals surface area contributed by atoms with E-state index in [9.17, 15) is 4.79 Å². The van der Waals surface area contributed by atoms with E-state index >= 15 is 0 Å². The highest BCUT2D eigenvalue weighted by Crippen LogP contribution is 2.32. The van der Waals surface area contributed by atoms with E-state index in [-0.39, 0.29) is 24.7 Å². The third-order valence-electron chi connectivity index (χ3n) is 4.67. The van der Waals surface area contributed by atoms with Gasteiger partial charge in [-0.1, -0.05) is 29.7 Å². The summed E-state index contributed by atoms with van der Waals surface area (Å²) in [6, 6.07) is 7.24. The van der Waals surface area contributed by atoms with E-state index in [0.717, 1.165) is 40.6 Å². The van der Waals surface area contributed by atoms with Gasteiger partial charge < -0.3 is 15.0 Å². The number of terminal acetylenes is 1. The number of amides is 2. The highest BCUT2D eigenvalue weighted by Gasteiger charge is 2.24. The first-order chi connectivity index (χ1) is 13.5. The Bertz CT molecular complexity index is 854. The molecule has 1 aliphatic heterocycles. The number of rotatable bonds is 6. The van der Waals surface area contributed by atoms with Crippen LogP contribution in [0.15, 0.2) is 24.3 Å². The summed E-state index contributed by atoms with van der Waals surface area (Å²) >= 11 is 7.54. The number of hydrogen-bond acceptors (Lipinski definition) is 4. The molecule has 1 fully saturated rings. The van der Waals surface area contributed by atoms with Gasteiger partial charge in [0.1, 0.15) is 5.01 Å². The van der Waals surface area contributed by atoms with Crippen molar-refractivity contribution in [1.82, 2.24) is 15.2 Å². The van der Waals surface area contributed by atoms with Crippen LogP contribution in [-0.4, -0.2) is 41.7 Å². The average molecular weight is 418 g/mol. The topological polar surface area (TPSA) is 54.5 Å². The zero-order valence-corrected chi connectivity index (χ0v) is 17.6. The first-order valence-corrected chi connectivity index (χ1v) is 10.5. The normalized spacial score (nSPS) is 17.1. The molecule has 5 nitrogen and oxygen atoms in total. The molecule has 2 heterocycles. The predicted octanol–water partition coefficient (Wildman–Crippen LogP) is 4.66. The number of halogens is 1. The van der Waals surface area contributed by atoms with Crippen LogP contribution in [0.5, 0.6) is 0 Å². The standard InChI is InChI=1S/C21H24ClN3O2S/c1-4-11-25(13-18-6-5-12-27-18)21(26)24-15(3)19-14(2)23-20(28-19)16-7-9-17(22)10-8-16/h1,7-10,15,18H,5-6,11-13H2,2-3H3,(H,24,26)/t15-,18-/m1/s1. The minimum atomic E-state index is -0.179. The smallest absolute Gasteiger partial charge is 0.318 e. The van der Waals surface area contributed by atoms with Gasteiger partial charge in [0.2, 0.25) is 0 Å². The highest BCUT2D eigenvalue weighted by molar-refractivity contribution is 7.15. The van der Waals surface area contributed by atoms with Crippen molar-refractivity contribution in [3.63, 3.8) is 0 Å². The lowest BCUT2D eigenvalue weighted by Crippen LogP contribution is -2.44. The number of ether oxygens (including phenoxy) is 1. The van der Waals surface area contributed by atoms with E-state index in [1.807, 2.05) is 38.1 Å². The quantitative estimate of drug-likeness (QED) is 0.695. The van der Waals surface area contributed by atoms with Crippen LogP contribution >= 0.6 is 22.9 Å². The van der Waals surface area contributed by atoms with Gasteiger partial charge in [-0.25, -0.2) is 9.78 Å². The molecule has 0 saturated carbocycles. The summed E-state index contributed by atoms with van der Waals surface area (Å²) in [5.41, 5.74) is 1.92. The van der Waals surface area contributed by atoms with Crippen LogP contribution in [0.3, 0.4) is 0 Å². The number of urea groups is 1. The zero-order valence-electron chi connectivity index (χ0n) is 16.1. The molecule has 2 aromatic rings. The lowest BCUT2D eigenvalue weighted by molar-refractivity contribution is 0.0842. The van der Waals surface area contributed by atoms with Gasteiger partial charge in [-0.15, -0.1) is 17.8 Å². The second-order valence-electron chi connectivity index (χ2n) is 6.87. The van der Waals surface area contributed by atoms with E-state index in [1.54, 1.807) is 16.2 Å². The van der Waals surface area contributed by atoms with E-state index in [2.05, 4.69) is 16.2 Å². The maximum Gasteiger partial charge on any atom is 0.318 e. The van der Waals surface area contributed by atoms with E-state index in [0.29, 0.717) is 11.6 Å². The van der Waals surface area contributed by atoms with Crippen molar-refractivity contribution in [2.24, 2.45) is 0 Å². The van der Waals surface area contributed by atoms with E-state index in [1.165, 1.54) is 0 Å². The Morgan fingerprint density at radius 2 is 2.25 bits per heavy atom. The zero-order chi connectivity index (χ0) is 20.1. The first kappa shape index (κ1) is 20.7. The van der Waals surface area contributed by atoms with Crippen molar-refractivity contribution in [3.05, 3.63) is 39.9 Å². The number of nitrogens with zero attached hydrogens (tertiary/aromatic N) is 2. The summed E-state index contributed by atoms with van der Waals surface area (Å²) in [5, 5.41) is 4.65. The molecule has 2 amide bonds. The number of thiazole rings is 1. The molecule has 3 rings (SSSR count). The van der Waals surface area contributed by atoms with Gasteiger partial charge in [-0.3, -0.25) is 0 Å². The molecule has 148 valence electrons. The fourth-order valence-electron chi connectivity index (χ4n) is 3.23. The lowest BCUT2D eigenvalue weighted by Gasteiger charge is -2.25. The first-order valence-electron chi connectivity index (χ1n) is 9.31. The number of benzene rings is 1. The Kier molecular flexibility index (Phi) is 6.95. The van der Waals surface area contributed by atoms with Crippen LogP contribution in [0.25, 0.3) is 10.6 Å².